The lowest BCUT2D eigenvalue weighted by Gasteiger charge is -2.11. The van der Waals surface area contributed by atoms with Gasteiger partial charge in [0, 0.05) is 16.3 Å². The molecule has 1 unspecified atom stereocenters. The van der Waals surface area contributed by atoms with Gasteiger partial charge in [0.05, 0.1) is 17.7 Å². The molecule has 26 heavy (non-hydrogen) atoms. The predicted molar refractivity (Wildman–Crippen MR) is 98.1 cm³/mol. The Hall–Kier alpha value is -2.53. The second kappa shape index (κ2) is 8.72. The Balaban J connectivity index is 1.47. The zero-order valence-electron chi connectivity index (χ0n) is 13.5. The summed E-state index contributed by atoms with van der Waals surface area (Å²) in [6.07, 6.45) is -0.707. The van der Waals surface area contributed by atoms with E-state index in [9.17, 15) is 5.11 Å². The molecule has 0 aliphatic rings. The van der Waals surface area contributed by atoms with E-state index in [-0.39, 0.29) is 6.61 Å². The lowest BCUT2D eigenvalue weighted by molar-refractivity contribution is 0.126. The van der Waals surface area contributed by atoms with Crippen LogP contribution in [0.2, 0.25) is 5.02 Å². The first-order valence-electron chi connectivity index (χ1n) is 7.67. The maximum Gasteiger partial charge on any atom is 0.276 e. The number of ether oxygens (including phenoxy) is 1. The largest absolute Gasteiger partial charge is 0.491 e. The Morgan fingerprint density at radius 3 is 2.58 bits per heavy atom. The molecule has 1 aromatic heterocycles. The molecule has 132 valence electrons. The van der Waals surface area contributed by atoms with Gasteiger partial charge in [-0.1, -0.05) is 23.4 Å². The number of aliphatic hydroxyl groups excluding tert-OH is 1. The summed E-state index contributed by atoms with van der Waals surface area (Å²) in [6, 6.07) is 15.8. The van der Waals surface area contributed by atoms with Gasteiger partial charge in [0.1, 0.15) is 12.4 Å². The molecular formula is C18H14ClN3O3S. The number of aliphatic hydroxyl groups is 1. The molecule has 8 heteroatoms. The molecule has 6 nitrogen and oxygen atoms in total. The van der Waals surface area contributed by atoms with Crippen molar-refractivity contribution in [3.8, 4) is 23.3 Å². The van der Waals surface area contributed by atoms with E-state index in [2.05, 4.69) is 10.2 Å². The van der Waals surface area contributed by atoms with Crippen molar-refractivity contribution in [1.29, 1.82) is 5.26 Å². The Labute approximate surface area is 159 Å². The van der Waals surface area contributed by atoms with E-state index in [1.165, 1.54) is 11.8 Å². The van der Waals surface area contributed by atoms with Crippen molar-refractivity contribution in [2.24, 2.45) is 0 Å². The SMILES string of the molecule is N#Cc1ccc(OCC(O)CSc2nnc(-c3ccc(Cl)cc3)o2)cc1. The topological polar surface area (TPSA) is 92.2 Å². The van der Waals surface area contributed by atoms with Crippen LogP contribution < -0.4 is 4.74 Å². The van der Waals surface area contributed by atoms with Crippen LogP contribution in [0.1, 0.15) is 5.56 Å². The third kappa shape index (κ3) is 4.99. The second-order valence-electron chi connectivity index (χ2n) is 5.29. The van der Waals surface area contributed by atoms with E-state index >= 15 is 0 Å². The van der Waals surface area contributed by atoms with Gasteiger partial charge in [-0.2, -0.15) is 5.26 Å². The van der Waals surface area contributed by atoms with Crippen LogP contribution in [0.25, 0.3) is 11.5 Å². The van der Waals surface area contributed by atoms with Gasteiger partial charge in [-0.3, -0.25) is 0 Å². The van der Waals surface area contributed by atoms with Gasteiger partial charge in [-0.15, -0.1) is 10.2 Å². The summed E-state index contributed by atoms with van der Waals surface area (Å²) < 4.78 is 11.1. The number of hydrogen-bond acceptors (Lipinski definition) is 7. The average Bonchev–Trinajstić information content (AvgIpc) is 3.14. The number of hydrogen-bond donors (Lipinski definition) is 1. The fourth-order valence-corrected chi connectivity index (χ4v) is 2.80. The summed E-state index contributed by atoms with van der Waals surface area (Å²) in [5.74, 6) is 1.33. The molecule has 0 amide bonds. The van der Waals surface area contributed by atoms with Crippen molar-refractivity contribution in [3.05, 3.63) is 59.1 Å². The summed E-state index contributed by atoms with van der Waals surface area (Å²) >= 11 is 7.10. The number of aromatic nitrogens is 2. The summed E-state index contributed by atoms with van der Waals surface area (Å²) in [6.45, 7) is 0.122. The van der Waals surface area contributed by atoms with E-state index in [0.29, 0.717) is 33.2 Å². The molecule has 0 aliphatic carbocycles. The number of halogens is 1. The van der Waals surface area contributed by atoms with Gasteiger partial charge >= 0.3 is 0 Å². The zero-order chi connectivity index (χ0) is 18.4. The summed E-state index contributed by atoms with van der Waals surface area (Å²) in [4.78, 5) is 0. The normalized spacial score (nSPS) is 11.7. The van der Waals surface area contributed by atoms with Gasteiger partial charge < -0.3 is 14.3 Å². The fourth-order valence-electron chi connectivity index (χ4n) is 2.01. The molecule has 1 heterocycles. The fraction of sp³-hybridized carbons (Fsp3) is 0.167. The highest BCUT2D eigenvalue weighted by Gasteiger charge is 2.12. The van der Waals surface area contributed by atoms with E-state index in [1.54, 1.807) is 48.5 Å². The maximum atomic E-state index is 10.0. The van der Waals surface area contributed by atoms with Crippen LogP contribution in [0.3, 0.4) is 0 Å². The van der Waals surface area contributed by atoms with Crippen LogP contribution in [0.15, 0.2) is 58.2 Å². The Morgan fingerprint density at radius 2 is 1.88 bits per heavy atom. The van der Waals surface area contributed by atoms with Crippen LogP contribution in [-0.2, 0) is 0 Å². The molecule has 0 spiro atoms. The second-order valence-corrected chi connectivity index (χ2v) is 6.70. The molecule has 3 aromatic rings. The van der Waals surface area contributed by atoms with Crippen molar-refractivity contribution in [2.45, 2.75) is 11.3 Å². The van der Waals surface area contributed by atoms with E-state index < -0.39 is 6.10 Å². The third-order valence-corrected chi connectivity index (χ3v) is 4.54. The first-order chi connectivity index (χ1) is 12.6. The number of nitriles is 1. The minimum atomic E-state index is -0.707. The molecule has 0 saturated carbocycles. The monoisotopic (exact) mass is 387 g/mol. The smallest absolute Gasteiger partial charge is 0.276 e. The predicted octanol–water partition coefficient (Wildman–Crippen LogP) is 3.79. The van der Waals surface area contributed by atoms with Crippen molar-refractivity contribution < 1.29 is 14.3 Å². The highest BCUT2D eigenvalue weighted by atomic mass is 35.5. The quantitative estimate of drug-likeness (QED) is 0.616. The molecule has 0 fully saturated rings. The Morgan fingerprint density at radius 1 is 1.15 bits per heavy atom. The molecule has 1 N–H and O–H groups in total. The molecule has 0 radical (unpaired) electrons. The highest BCUT2D eigenvalue weighted by Crippen LogP contribution is 2.24. The first kappa shape index (κ1) is 18.3. The van der Waals surface area contributed by atoms with Crippen LogP contribution >= 0.6 is 23.4 Å². The molecule has 0 aliphatic heterocycles. The lowest BCUT2D eigenvalue weighted by Crippen LogP contribution is -2.20. The molecule has 0 saturated heterocycles. The molecule has 1 atom stereocenters. The summed E-state index contributed by atoms with van der Waals surface area (Å²) in [7, 11) is 0. The van der Waals surface area contributed by atoms with Crippen molar-refractivity contribution >= 4 is 23.4 Å². The Bertz CT molecular complexity index is 891. The number of rotatable bonds is 7. The molecule has 2 aromatic carbocycles. The molecule has 3 rings (SSSR count). The number of nitrogens with zero attached hydrogens (tertiary/aromatic N) is 3. The molecule has 0 bridgehead atoms. The average molecular weight is 388 g/mol. The highest BCUT2D eigenvalue weighted by molar-refractivity contribution is 7.99. The first-order valence-corrected chi connectivity index (χ1v) is 9.03. The summed E-state index contributed by atoms with van der Waals surface area (Å²) in [5, 5.41) is 27.7. The van der Waals surface area contributed by atoms with Crippen molar-refractivity contribution in [1.82, 2.24) is 10.2 Å². The van der Waals surface area contributed by atoms with Crippen LogP contribution in [0.5, 0.6) is 5.75 Å². The lowest BCUT2D eigenvalue weighted by atomic mass is 10.2. The minimum absolute atomic E-state index is 0.122. The van der Waals surface area contributed by atoms with Crippen molar-refractivity contribution in [3.63, 3.8) is 0 Å². The molecular weight excluding hydrogens is 374 g/mol. The minimum Gasteiger partial charge on any atom is -0.491 e. The third-order valence-electron chi connectivity index (χ3n) is 3.32. The van der Waals surface area contributed by atoms with E-state index in [4.69, 9.17) is 26.0 Å². The van der Waals surface area contributed by atoms with Gasteiger partial charge in [-0.05, 0) is 48.5 Å². The number of benzene rings is 2. The van der Waals surface area contributed by atoms with Crippen LogP contribution in [-0.4, -0.2) is 33.8 Å². The van der Waals surface area contributed by atoms with Crippen LogP contribution in [0.4, 0.5) is 0 Å². The van der Waals surface area contributed by atoms with E-state index in [0.717, 1.165) is 5.56 Å². The van der Waals surface area contributed by atoms with Gasteiger partial charge in [-0.25, -0.2) is 0 Å². The van der Waals surface area contributed by atoms with Gasteiger partial charge in [0.15, 0.2) is 0 Å². The van der Waals surface area contributed by atoms with Crippen molar-refractivity contribution in [2.75, 3.05) is 12.4 Å². The van der Waals surface area contributed by atoms with Gasteiger partial charge in [0.25, 0.3) is 5.22 Å². The standard InChI is InChI=1S/C18H14ClN3O3S/c19-14-5-3-13(4-6-14)17-21-22-18(25-17)26-11-15(23)10-24-16-7-1-12(9-20)2-8-16/h1-8,15,23H,10-11H2. The summed E-state index contributed by atoms with van der Waals surface area (Å²) in [5.41, 5.74) is 1.33. The Kier molecular flexibility index (Phi) is 6.12. The maximum absolute atomic E-state index is 10.0. The van der Waals surface area contributed by atoms with Crippen LogP contribution in [0, 0.1) is 11.3 Å². The number of thioether (sulfide) groups is 1. The van der Waals surface area contributed by atoms with Gasteiger partial charge in [0.2, 0.25) is 5.89 Å². The zero-order valence-corrected chi connectivity index (χ0v) is 15.1. The van der Waals surface area contributed by atoms with E-state index in [1.807, 2.05) is 6.07 Å².